The van der Waals surface area contributed by atoms with E-state index in [9.17, 15) is 5.11 Å². The van der Waals surface area contributed by atoms with E-state index in [4.69, 9.17) is 18.9 Å². The van der Waals surface area contributed by atoms with Crippen LogP contribution in [0.3, 0.4) is 0 Å². The van der Waals surface area contributed by atoms with Crippen molar-refractivity contribution in [2.24, 2.45) is 5.92 Å². The van der Waals surface area contributed by atoms with Gasteiger partial charge >= 0.3 is 0 Å². The molecule has 0 aromatic heterocycles. The molecule has 5 rings (SSSR count). The van der Waals surface area contributed by atoms with Crippen molar-refractivity contribution in [3.05, 3.63) is 131 Å². The van der Waals surface area contributed by atoms with Crippen LogP contribution < -0.4 is 9.47 Å². The van der Waals surface area contributed by atoms with E-state index >= 15 is 0 Å². The van der Waals surface area contributed by atoms with Gasteiger partial charge in [-0.3, -0.25) is 0 Å². The fourth-order valence-corrected chi connectivity index (χ4v) is 5.28. The summed E-state index contributed by atoms with van der Waals surface area (Å²) in [5, 5.41) is 11.5. The van der Waals surface area contributed by atoms with Gasteiger partial charge in [-0.25, -0.2) is 0 Å². The van der Waals surface area contributed by atoms with Gasteiger partial charge in [0, 0.05) is 18.8 Å². The van der Waals surface area contributed by atoms with Crippen LogP contribution in [-0.4, -0.2) is 37.1 Å². The van der Waals surface area contributed by atoms with Crippen LogP contribution in [0, 0.1) is 5.92 Å². The van der Waals surface area contributed by atoms with Gasteiger partial charge in [-0.1, -0.05) is 91.0 Å². The van der Waals surface area contributed by atoms with Crippen LogP contribution >= 0.6 is 0 Å². The Hall–Kier alpha value is -3.64. The Balaban J connectivity index is 1.28. The van der Waals surface area contributed by atoms with E-state index in [2.05, 4.69) is 42.5 Å². The molecule has 40 heavy (non-hydrogen) atoms. The molecule has 1 fully saturated rings. The molecule has 4 aromatic rings. The minimum absolute atomic E-state index is 0.0484. The summed E-state index contributed by atoms with van der Waals surface area (Å²) in [6.45, 7) is 1.48. The highest BCUT2D eigenvalue weighted by molar-refractivity contribution is 5.39. The molecule has 1 aliphatic carbocycles. The normalized spacial score (nSPS) is 20.6. The number of aliphatic hydroxyl groups is 1. The lowest BCUT2D eigenvalue weighted by Gasteiger charge is -2.39. The number of para-hydroxylation sites is 1. The van der Waals surface area contributed by atoms with Crippen molar-refractivity contribution in [2.45, 2.75) is 50.8 Å². The Morgan fingerprint density at radius 1 is 0.700 bits per heavy atom. The molecule has 1 N–H and O–H groups in total. The maximum Gasteiger partial charge on any atom is 0.127 e. The highest BCUT2D eigenvalue weighted by Gasteiger charge is 2.39. The Morgan fingerprint density at radius 3 is 2.05 bits per heavy atom. The summed E-state index contributed by atoms with van der Waals surface area (Å²) in [6, 6.07) is 36.5. The second-order valence-corrected chi connectivity index (χ2v) is 10.4. The number of rotatable bonds is 12. The number of benzene rings is 4. The number of hydrogen-bond donors (Lipinski definition) is 1. The fraction of sp³-hybridized carbons (Fsp3) is 0.314. The van der Waals surface area contributed by atoms with E-state index < -0.39 is 12.2 Å². The van der Waals surface area contributed by atoms with Crippen molar-refractivity contribution in [1.29, 1.82) is 0 Å². The lowest BCUT2D eigenvalue weighted by atomic mass is 9.82. The summed E-state index contributed by atoms with van der Waals surface area (Å²) < 4.78 is 24.3. The third kappa shape index (κ3) is 7.72. The molecule has 1 saturated carbocycles. The largest absolute Gasteiger partial charge is 0.497 e. The second kappa shape index (κ2) is 14.1. The van der Waals surface area contributed by atoms with Crippen molar-refractivity contribution >= 4 is 0 Å². The first-order valence-electron chi connectivity index (χ1n) is 14.0. The first kappa shape index (κ1) is 27.9. The molecular weight excluding hydrogens is 500 g/mol. The maximum atomic E-state index is 11.5. The average molecular weight is 539 g/mol. The number of methoxy groups -OCH3 is 1. The predicted octanol–water partition coefficient (Wildman–Crippen LogP) is 6.61. The van der Waals surface area contributed by atoms with Gasteiger partial charge in [0.2, 0.25) is 0 Å². The van der Waals surface area contributed by atoms with Crippen LogP contribution in [-0.2, 0) is 29.1 Å². The van der Waals surface area contributed by atoms with Crippen molar-refractivity contribution in [2.75, 3.05) is 13.7 Å². The molecule has 4 aromatic carbocycles. The van der Waals surface area contributed by atoms with Crippen LogP contribution in [0.4, 0.5) is 0 Å². The summed E-state index contributed by atoms with van der Waals surface area (Å²) in [5.41, 5.74) is 4.49. The Kier molecular flexibility index (Phi) is 9.86. The molecule has 0 radical (unpaired) electrons. The van der Waals surface area contributed by atoms with Gasteiger partial charge in [0.1, 0.15) is 17.6 Å². The van der Waals surface area contributed by atoms with Crippen molar-refractivity contribution in [3.8, 4) is 11.5 Å². The molecule has 4 atom stereocenters. The van der Waals surface area contributed by atoms with Crippen LogP contribution in [0.1, 0.15) is 35.1 Å². The minimum atomic E-state index is -0.665. The molecule has 0 amide bonds. The summed E-state index contributed by atoms with van der Waals surface area (Å²) in [4.78, 5) is 0. The summed E-state index contributed by atoms with van der Waals surface area (Å²) in [6.07, 6.45) is 0.933. The molecule has 5 heteroatoms. The van der Waals surface area contributed by atoms with E-state index in [0.717, 1.165) is 46.6 Å². The molecule has 0 bridgehead atoms. The zero-order valence-electron chi connectivity index (χ0n) is 23.0. The monoisotopic (exact) mass is 538 g/mol. The van der Waals surface area contributed by atoms with Crippen molar-refractivity contribution in [1.82, 2.24) is 0 Å². The maximum absolute atomic E-state index is 11.5. The predicted molar refractivity (Wildman–Crippen MR) is 157 cm³/mol. The van der Waals surface area contributed by atoms with Gasteiger partial charge in [0.25, 0.3) is 0 Å². The third-order valence-corrected chi connectivity index (χ3v) is 7.50. The van der Waals surface area contributed by atoms with E-state index in [-0.39, 0.29) is 12.0 Å². The van der Waals surface area contributed by atoms with E-state index in [0.29, 0.717) is 26.2 Å². The molecule has 5 nitrogen and oxygen atoms in total. The van der Waals surface area contributed by atoms with Gasteiger partial charge in [-0.2, -0.15) is 0 Å². The summed E-state index contributed by atoms with van der Waals surface area (Å²) in [7, 11) is 1.67. The van der Waals surface area contributed by atoms with Crippen LogP contribution in [0.2, 0.25) is 0 Å². The molecule has 4 unspecified atom stereocenters. The Morgan fingerprint density at radius 2 is 1.35 bits per heavy atom. The van der Waals surface area contributed by atoms with Crippen molar-refractivity contribution < 1.29 is 24.1 Å². The Bertz CT molecular complexity index is 1290. The molecule has 208 valence electrons. The van der Waals surface area contributed by atoms with Gasteiger partial charge < -0.3 is 24.1 Å². The van der Waals surface area contributed by atoms with E-state index in [1.165, 1.54) is 0 Å². The zero-order valence-corrected chi connectivity index (χ0v) is 23.0. The van der Waals surface area contributed by atoms with Gasteiger partial charge in [-0.15, -0.1) is 0 Å². The number of hydrogen-bond acceptors (Lipinski definition) is 5. The number of ether oxygens (including phenoxy) is 4. The summed E-state index contributed by atoms with van der Waals surface area (Å²) >= 11 is 0. The van der Waals surface area contributed by atoms with E-state index in [1.807, 2.05) is 66.7 Å². The molecule has 0 saturated heterocycles. The van der Waals surface area contributed by atoms with Gasteiger partial charge in [-0.05, 0) is 46.9 Å². The summed E-state index contributed by atoms with van der Waals surface area (Å²) in [5.74, 6) is 1.52. The van der Waals surface area contributed by atoms with Crippen LogP contribution in [0.5, 0.6) is 11.5 Å². The van der Waals surface area contributed by atoms with Gasteiger partial charge in [0.05, 0.1) is 39.1 Å². The smallest absolute Gasteiger partial charge is 0.127 e. The highest BCUT2D eigenvalue weighted by atomic mass is 16.5. The first-order chi connectivity index (χ1) is 19.7. The average Bonchev–Trinajstić information content (AvgIpc) is 3.00. The standard InChI is InChI=1S/C35H38O5/c1-37-31-18-16-26(17-19-31)20-29-14-8-9-15-33(29)40-34-22-32(39-24-28-12-6-3-7-13-28)21-30(35(34)36)25-38-23-27-10-4-2-5-11-27/h2-19,30,32,34-36H,20-25H2,1H3. The second-order valence-electron chi connectivity index (χ2n) is 10.4. The van der Waals surface area contributed by atoms with Gasteiger partial charge in [0.15, 0.2) is 0 Å². The molecule has 0 heterocycles. The quantitative estimate of drug-likeness (QED) is 0.220. The highest BCUT2D eigenvalue weighted by Crippen LogP contribution is 2.33. The third-order valence-electron chi connectivity index (χ3n) is 7.50. The molecular formula is C35H38O5. The first-order valence-corrected chi connectivity index (χ1v) is 14.0. The minimum Gasteiger partial charge on any atom is -0.497 e. The zero-order chi connectivity index (χ0) is 27.6. The van der Waals surface area contributed by atoms with Crippen LogP contribution in [0.15, 0.2) is 109 Å². The van der Waals surface area contributed by atoms with Crippen LogP contribution in [0.25, 0.3) is 0 Å². The lowest BCUT2D eigenvalue weighted by Crippen LogP contribution is -2.48. The molecule has 1 aliphatic rings. The SMILES string of the molecule is COc1ccc(Cc2ccccc2OC2CC(OCc3ccccc3)CC(COCc3ccccc3)C2O)cc1. The molecule has 0 aliphatic heterocycles. The number of aliphatic hydroxyl groups excluding tert-OH is 1. The topological polar surface area (TPSA) is 57.2 Å². The lowest BCUT2D eigenvalue weighted by molar-refractivity contribution is -0.114. The molecule has 0 spiro atoms. The fourth-order valence-electron chi connectivity index (χ4n) is 5.28. The van der Waals surface area contributed by atoms with E-state index in [1.54, 1.807) is 7.11 Å². The van der Waals surface area contributed by atoms with Crippen molar-refractivity contribution in [3.63, 3.8) is 0 Å². The Labute approximate surface area is 237 Å².